The molecule has 1 atom stereocenters. The molecule has 8 nitrogen and oxygen atoms in total. The maximum Gasteiger partial charge on any atom is 0.468 e. The van der Waals surface area contributed by atoms with Gasteiger partial charge in [-0.05, 0) is 6.42 Å². The van der Waals surface area contributed by atoms with Crippen LogP contribution in [-0.2, 0) is 33.9 Å². The van der Waals surface area contributed by atoms with E-state index in [0.717, 1.165) is 0 Å². The molecule has 26 heavy (non-hydrogen) atoms. The van der Waals surface area contributed by atoms with Gasteiger partial charge in [-0.25, -0.2) is 18.0 Å². The van der Waals surface area contributed by atoms with Crippen molar-refractivity contribution >= 4 is 22.1 Å². The third kappa shape index (κ3) is 5.57. The van der Waals surface area contributed by atoms with Crippen molar-refractivity contribution in [2.24, 2.45) is 0 Å². The van der Waals surface area contributed by atoms with Crippen molar-refractivity contribution in [3.05, 3.63) is 12.4 Å². The second-order valence-corrected chi connectivity index (χ2v) is 5.93. The predicted octanol–water partition coefficient (Wildman–Crippen LogP) is 1.38. The summed E-state index contributed by atoms with van der Waals surface area (Å²) in [6, 6.07) is 0. The lowest BCUT2D eigenvalue weighted by Crippen LogP contribution is -2.59. The van der Waals surface area contributed by atoms with Gasteiger partial charge >= 0.3 is 29.2 Å². The van der Waals surface area contributed by atoms with Crippen LogP contribution >= 0.6 is 0 Å². The van der Waals surface area contributed by atoms with Crippen molar-refractivity contribution in [3.8, 4) is 0 Å². The fourth-order valence-electron chi connectivity index (χ4n) is 1.12. The van der Waals surface area contributed by atoms with E-state index < -0.39 is 58.3 Å². The molecule has 0 aromatic rings. The van der Waals surface area contributed by atoms with Crippen LogP contribution < -0.4 is 0 Å². The van der Waals surface area contributed by atoms with Gasteiger partial charge in [-0.3, -0.25) is 0 Å². The highest BCUT2D eigenvalue weighted by Crippen LogP contribution is 2.38. The summed E-state index contributed by atoms with van der Waals surface area (Å²) in [6.45, 7) is 0.00980. The quantitative estimate of drug-likeness (QED) is 0.182. The smallest absolute Gasteiger partial charge is 0.468 e. The standard InChI is InChI=1S/C11H12F6O8S/c1-3-4-23-8(19)10(11(15,16)17,25-7(18)6(2)12)24-5-9(13,14)26(20,21)22/h2-5H2,1H3,(H,20,21,22)/p-1. The van der Waals surface area contributed by atoms with Crippen molar-refractivity contribution in [1.29, 1.82) is 0 Å². The van der Waals surface area contributed by atoms with Gasteiger partial charge in [0, 0.05) is 0 Å². The van der Waals surface area contributed by atoms with Crippen LogP contribution in [0.2, 0.25) is 0 Å². The molecule has 0 aromatic carbocycles. The van der Waals surface area contributed by atoms with Gasteiger partial charge in [0.2, 0.25) is 5.83 Å². The van der Waals surface area contributed by atoms with Crippen LogP contribution in [0.15, 0.2) is 12.4 Å². The van der Waals surface area contributed by atoms with E-state index in [-0.39, 0.29) is 6.42 Å². The average molecular weight is 417 g/mol. The van der Waals surface area contributed by atoms with Crippen LogP contribution in [0.1, 0.15) is 13.3 Å². The zero-order valence-corrected chi connectivity index (χ0v) is 13.6. The Bertz CT molecular complexity index is 658. The van der Waals surface area contributed by atoms with Gasteiger partial charge in [-0.1, -0.05) is 13.5 Å². The van der Waals surface area contributed by atoms with Gasteiger partial charge in [-0.15, -0.1) is 0 Å². The number of rotatable bonds is 9. The Labute approximate surface area is 142 Å². The summed E-state index contributed by atoms with van der Waals surface area (Å²) in [4.78, 5) is 22.7. The molecule has 0 aliphatic carbocycles. The lowest BCUT2D eigenvalue weighted by Gasteiger charge is -2.33. The Hall–Kier alpha value is -1.87. The number of hydrogen-bond donors (Lipinski definition) is 0. The first-order chi connectivity index (χ1) is 11.5. The summed E-state index contributed by atoms with van der Waals surface area (Å²) in [5, 5.41) is -5.45. The number of carbonyl (C=O) groups excluding carboxylic acids is 2. The zero-order valence-electron chi connectivity index (χ0n) is 12.8. The second-order valence-electron chi connectivity index (χ2n) is 4.42. The molecule has 0 fully saturated rings. The number of hydrogen-bond acceptors (Lipinski definition) is 8. The van der Waals surface area contributed by atoms with E-state index in [0.29, 0.717) is 0 Å². The summed E-state index contributed by atoms with van der Waals surface area (Å²) in [5.41, 5.74) is 0. The fraction of sp³-hybridized carbons (Fsp3) is 0.636. The normalized spacial score (nSPS) is 15.1. The Morgan fingerprint density at radius 1 is 1.15 bits per heavy atom. The number of ether oxygens (including phenoxy) is 3. The zero-order chi connectivity index (χ0) is 21.0. The predicted molar refractivity (Wildman–Crippen MR) is 67.0 cm³/mol. The van der Waals surface area contributed by atoms with E-state index >= 15 is 0 Å². The highest BCUT2D eigenvalue weighted by Gasteiger charge is 2.69. The van der Waals surface area contributed by atoms with Crippen LogP contribution in [0.25, 0.3) is 0 Å². The van der Waals surface area contributed by atoms with Crippen molar-refractivity contribution in [1.82, 2.24) is 0 Å². The molecule has 0 spiro atoms. The first-order valence-corrected chi connectivity index (χ1v) is 7.71. The maximum absolute atomic E-state index is 13.2. The van der Waals surface area contributed by atoms with Crippen LogP contribution in [-0.4, -0.2) is 55.3 Å². The number of alkyl halides is 5. The molecule has 0 saturated heterocycles. The lowest BCUT2D eigenvalue weighted by molar-refractivity contribution is -0.360. The number of carbonyl (C=O) groups is 2. The first-order valence-electron chi connectivity index (χ1n) is 6.30. The van der Waals surface area contributed by atoms with Crippen LogP contribution in [0, 0.1) is 0 Å². The molecule has 0 radical (unpaired) electrons. The minimum atomic E-state index is -6.52. The molecule has 0 amide bonds. The average Bonchev–Trinajstić information content (AvgIpc) is 2.46. The van der Waals surface area contributed by atoms with Crippen LogP contribution in [0.5, 0.6) is 0 Å². The van der Waals surface area contributed by atoms with Crippen molar-refractivity contribution in [2.45, 2.75) is 30.6 Å². The molecule has 0 rings (SSSR count). The molecule has 0 aliphatic heterocycles. The summed E-state index contributed by atoms with van der Waals surface area (Å²) < 4.78 is 120. The molecule has 0 aromatic heterocycles. The SMILES string of the molecule is C=C(F)C(=O)OC(OCC(F)(F)S(=O)(=O)[O-])(C(=O)OCCC)C(F)(F)F. The Morgan fingerprint density at radius 3 is 2.00 bits per heavy atom. The highest BCUT2D eigenvalue weighted by atomic mass is 32.2. The Morgan fingerprint density at radius 2 is 1.65 bits per heavy atom. The second kappa shape index (κ2) is 8.22. The third-order valence-electron chi connectivity index (χ3n) is 2.35. The molecular formula is C11H11F6O8S-. The molecule has 1 unspecified atom stereocenters. The summed E-state index contributed by atoms with van der Waals surface area (Å²) in [6.07, 6.45) is -6.21. The molecule has 15 heteroatoms. The van der Waals surface area contributed by atoms with Crippen LogP contribution in [0.3, 0.4) is 0 Å². The molecule has 0 N–H and O–H groups in total. The summed E-state index contributed by atoms with van der Waals surface area (Å²) >= 11 is 0. The minimum absolute atomic E-state index is 0.0749. The molecule has 0 bridgehead atoms. The van der Waals surface area contributed by atoms with E-state index in [1.165, 1.54) is 6.92 Å². The fourth-order valence-corrected chi connectivity index (χ4v) is 1.32. The van der Waals surface area contributed by atoms with Gasteiger partial charge in [0.05, 0.1) is 6.61 Å². The van der Waals surface area contributed by atoms with Gasteiger partial charge in [0.1, 0.15) is 6.61 Å². The van der Waals surface area contributed by atoms with Crippen molar-refractivity contribution in [2.75, 3.05) is 13.2 Å². The van der Waals surface area contributed by atoms with E-state index in [4.69, 9.17) is 0 Å². The monoisotopic (exact) mass is 417 g/mol. The topological polar surface area (TPSA) is 119 Å². The van der Waals surface area contributed by atoms with Gasteiger partial charge in [-0.2, -0.15) is 26.3 Å². The number of halogens is 6. The third-order valence-corrected chi connectivity index (χ3v) is 3.20. The van der Waals surface area contributed by atoms with E-state index in [9.17, 15) is 48.9 Å². The highest BCUT2D eigenvalue weighted by molar-refractivity contribution is 7.86. The van der Waals surface area contributed by atoms with E-state index in [1.807, 2.05) is 0 Å². The van der Waals surface area contributed by atoms with Crippen LogP contribution in [0.4, 0.5) is 26.3 Å². The Kier molecular flexibility index (Phi) is 7.63. The molecule has 152 valence electrons. The summed E-state index contributed by atoms with van der Waals surface area (Å²) in [7, 11) is -6.52. The largest absolute Gasteiger partial charge is 0.743 e. The first kappa shape index (κ1) is 24.1. The van der Waals surface area contributed by atoms with E-state index in [1.54, 1.807) is 0 Å². The summed E-state index contributed by atoms with van der Waals surface area (Å²) in [5.74, 6) is -12.3. The molecule has 0 saturated carbocycles. The van der Waals surface area contributed by atoms with E-state index in [2.05, 4.69) is 20.8 Å². The van der Waals surface area contributed by atoms with Crippen molar-refractivity contribution < 1.29 is 63.1 Å². The molecular weight excluding hydrogens is 406 g/mol. The lowest BCUT2D eigenvalue weighted by atomic mass is 10.2. The van der Waals surface area contributed by atoms with Gasteiger partial charge in [0.15, 0.2) is 10.1 Å². The van der Waals surface area contributed by atoms with Gasteiger partial charge < -0.3 is 18.8 Å². The maximum atomic E-state index is 13.2. The van der Waals surface area contributed by atoms with Crippen molar-refractivity contribution in [3.63, 3.8) is 0 Å². The molecule has 0 heterocycles. The minimum Gasteiger partial charge on any atom is -0.743 e. The Balaban J connectivity index is 6.06. The van der Waals surface area contributed by atoms with Gasteiger partial charge in [0.25, 0.3) is 0 Å². The molecule has 0 aliphatic rings. The number of esters is 2.